The molecule has 100 valence electrons. The van der Waals surface area contributed by atoms with Crippen LogP contribution in [0.15, 0.2) is 0 Å². The first-order chi connectivity index (χ1) is 8.67. The van der Waals surface area contributed by atoms with Crippen LogP contribution >= 0.6 is 11.6 Å². The highest BCUT2D eigenvalue weighted by molar-refractivity contribution is 6.28. The van der Waals surface area contributed by atoms with Crippen LogP contribution in [0.2, 0.25) is 5.28 Å². The summed E-state index contributed by atoms with van der Waals surface area (Å²) in [5.74, 6) is 1.94. The van der Waals surface area contributed by atoms with E-state index in [0.717, 1.165) is 12.5 Å². The molecule has 6 heteroatoms. The maximum absolute atomic E-state index is 5.88. The van der Waals surface area contributed by atoms with Crippen molar-refractivity contribution in [2.75, 3.05) is 17.2 Å². The predicted molar refractivity (Wildman–Crippen MR) is 74.0 cm³/mol. The molecule has 5 nitrogen and oxygen atoms in total. The maximum atomic E-state index is 5.88. The zero-order valence-corrected chi connectivity index (χ0v) is 11.7. The first kappa shape index (κ1) is 13.3. The van der Waals surface area contributed by atoms with Gasteiger partial charge in [-0.05, 0) is 50.1 Å². The summed E-state index contributed by atoms with van der Waals surface area (Å²) in [5, 5.41) is 6.63. The Hall–Kier alpha value is -1.10. The molecule has 18 heavy (non-hydrogen) atoms. The number of nitrogens with one attached hydrogen (secondary N) is 2. The van der Waals surface area contributed by atoms with Crippen LogP contribution in [0.4, 0.5) is 11.9 Å². The Morgan fingerprint density at radius 3 is 2.44 bits per heavy atom. The lowest BCUT2D eigenvalue weighted by atomic mass is 9.87. The molecular weight excluding hydrogens is 250 g/mol. The fourth-order valence-electron chi connectivity index (χ4n) is 2.24. The van der Waals surface area contributed by atoms with Crippen LogP contribution in [-0.2, 0) is 0 Å². The quantitative estimate of drug-likeness (QED) is 0.880. The number of hydrogen-bond acceptors (Lipinski definition) is 5. The van der Waals surface area contributed by atoms with E-state index >= 15 is 0 Å². The molecule has 0 bridgehead atoms. The molecule has 0 aliphatic heterocycles. The summed E-state index contributed by atoms with van der Waals surface area (Å²) in [6.07, 6.45) is 4.86. The Labute approximate surface area is 113 Å². The number of aromatic nitrogens is 3. The van der Waals surface area contributed by atoms with Gasteiger partial charge in [0.05, 0.1) is 0 Å². The number of nitrogens with zero attached hydrogens (tertiary/aromatic N) is 3. The third-order valence-corrected chi connectivity index (χ3v) is 3.46. The average molecular weight is 270 g/mol. The molecule has 0 saturated heterocycles. The molecule has 2 N–H and O–H groups in total. The van der Waals surface area contributed by atoms with Crippen molar-refractivity contribution >= 4 is 23.5 Å². The van der Waals surface area contributed by atoms with Gasteiger partial charge in [0.1, 0.15) is 0 Å². The zero-order chi connectivity index (χ0) is 13.0. The number of anilines is 2. The monoisotopic (exact) mass is 269 g/mol. The van der Waals surface area contributed by atoms with Crippen molar-refractivity contribution in [3.8, 4) is 0 Å². The molecule has 1 aliphatic rings. The third kappa shape index (κ3) is 3.70. The largest absolute Gasteiger partial charge is 0.354 e. The van der Waals surface area contributed by atoms with Gasteiger partial charge in [-0.2, -0.15) is 15.0 Å². The molecule has 1 aromatic heterocycles. The average Bonchev–Trinajstić information content (AvgIpc) is 2.32. The highest BCUT2D eigenvalue weighted by atomic mass is 35.5. The van der Waals surface area contributed by atoms with Crippen molar-refractivity contribution in [3.63, 3.8) is 0 Å². The molecule has 1 aromatic rings. The molecule has 1 saturated carbocycles. The van der Waals surface area contributed by atoms with Gasteiger partial charge in [0.25, 0.3) is 0 Å². The molecule has 1 aliphatic carbocycles. The Morgan fingerprint density at radius 1 is 1.11 bits per heavy atom. The van der Waals surface area contributed by atoms with Crippen LogP contribution in [0.5, 0.6) is 0 Å². The summed E-state index contributed by atoms with van der Waals surface area (Å²) in [5.41, 5.74) is 0. The van der Waals surface area contributed by atoms with Gasteiger partial charge >= 0.3 is 0 Å². The van der Waals surface area contributed by atoms with Crippen LogP contribution in [0, 0.1) is 5.92 Å². The first-order valence-electron chi connectivity index (χ1n) is 6.59. The van der Waals surface area contributed by atoms with Crippen LogP contribution in [-0.4, -0.2) is 27.5 Å². The van der Waals surface area contributed by atoms with E-state index in [1.54, 1.807) is 0 Å². The van der Waals surface area contributed by atoms with Gasteiger partial charge in [0.2, 0.25) is 17.2 Å². The van der Waals surface area contributed by atoms with Gasteiger partial charge in [0.15, 0.2) is 0 Å². The molecule has 2 rings (SSSR count). The van der Waals surface area contributed by atoms with Crippen LogP contribution in [0.3, 0.4) is 0 Å². The van der Waals surface area contributed by atoms with Crippen molar-refractivity contribution in [2.24, 2.45) is 5.92 Å². The summed E-state index contributed by atoms with van der Waals surface area (Å²) in [6.45, 7) is 5.06. The second-order valence-electron chi connectivity index (χ2n) is 4.88. The standard InChI is InChI=1S/C12H20ClN5/c1-3-14-11-16-10(13)17-12(18-11)15-9-6-4-8(2)5-7-9/h8-9H,3-7H2,1-2H3,(H2,14,15,16,17,18). The normalized spacial score (nSPS) is 23.7. The van der Waals surface area contributed by atoms with Gasteiger partial charge in [-0.3, -0.25) is 0 Å². The lowest BCUT2D eigenvalue weighted by Crippen LogP contribution is -2.26. The van der Waals surface area contributed by atoms with Crippen LogP contribution in [0.1, 0.15) is 39.5 Å². The summed E-state index contributed by atoms with van der Waals surface area (Å²) < 4.78 is 0. The topological polar surface area (TPSA) is 62.7 Å². The highest BCUT2D eigenvalue weighted by Gasteiger charge is 2.19. The van der Waals surface area contributed by atoms with E-state index in [4.69, 9.17) is 11.6 Å². The molecular formula is C12H20ClN5. The van der Waals surface area contributed by atoms with E-state index in [9.17, 15) is 0 Å². The van der Waals surface area contributed by atoms with Crippen molar-refractivity contribution in [1.29, 1.82) is 0 Å². The Morgan fingerprint density at radius 2 is 1.78 bits per heavy atom. The molecule has 0 aromatic carbocycles. The summed E-state index contributed by atoms with van der Waals surface area (Å²) in [7, 11) is 0. The summed E-state index contributed by atoms with van der Waals surface area (Å²) in [4.78, 5) is 12.4. The minimum absolute atomic E-state index is 0.229. The smallest absolute Gasteiger partial charge is 0.229 e. The van der Waals surface area contributed by atoms with Crippen LogP contribution in [0.25, 0.3) is 0 Å². The molecule has 0 atom stereocenters. The minimum Gasteiger partial charge on any atom is -0.354 e. The summed E-state index contributed by atoms with van der Waals surface area (Å²) in [6, 6.07) is 0.453. The summed E-state index contributed by atoms with van der Waals surface area (Å²) >= 11 is 5.88. The van der Waals surface area contributed by atoms with Gasteiger partial charge in [-0.1, -0.05) is 6.92 Å². The zero-order valence-electron chi connectivity index (χ0n) is 10.9. The van der Waals surface area contributed by atoms with Gasteiger partial charge in [0, 0.05) is 12.6 Å². The second kappa shape index (κ2) is 6.18. The van der Waals surface area contributed by atoms with E-state index in [1.807, 2.05) is 6.92 Å². The molecule has 0 unspecified atom stereocenters. The first-order valence-corrected chi connectivity index (χ1v) is 6.97. The Balaban J connectivity index is 2.00. The van der Waals surface area contributed by atoms with Crippen molar-refractivity contribution in [2.45, 2.75) is 45.6 Å². The van der Waals surface area contributed by atoms with E-state index in [-0.39, 0.29) is 5.28 Å². The van der Waals surface area contributed by atoms with E-state index in [2.05, 4.69) is 32.5 Å². The van der Waals surface area contributed by atoms with Crippen molar-refractivity contribution < 1.29 is 0 Å². The predicted octanol–water partition coefficient (Wildman–Crippen LogP) is 2.95. The second-order valence-corrected chi connectivity index (χ2v) is 5.22. The maximum Gasteiger partial charge on any atom is 0.229 e. The lowest BCUT2D eigenvalue weighted by molar-refractivity contribution is 0.360. The number of hydrogen-bond donors (Lipinski definition) is 2. The van der Waals surface area contributed by atoms with E-state index in [1.165, 1.54) is 25.7 Å². The Bertz CT molecular complexity index is 390. The van der Waals surface area contributed by atoms with Crippen molar-refractivity contribution in [3.05, 3.63) is 5.28 Å². The molecule has 0 spiro atoms. The number of rotatable bonds is 4. The molecule has 1 heterocycles. The van der Waals surface area contributed by atoms with E-state index < -0.39 is 0 Å². The van der Waals surface area contributed by atoms with Gasteiger partial charge < -0.3 is 10.6 Å². The number of halogens is 1. The fourth-order valence-corrected chi connectivity index (χ4v) is 2.40. The van der Waals surface area contributed by atoms with Crippen molar-refractivity contribution in [1.82, 2.24) is 15.0 Å². The molecule has 0 radical (unpaired) electrons. The third-order valence-electron chi connectivity index (χ3n) is 3.29. The van der Waals surface area contributed by atoms with E-state index in [0.29, 0.717) is 17.9 Å². The minimum atomic E-state index is 0.229. The lowest BCUT2D eigenvalue weighted by Gasteiger charge is -2.26. The Kier molecular flexibility index (Phi) is 4.58. The van der Waals surface area contributed by atoms with Crippen LogP contribution < -0.4 is 10.6 Å². The van der Waals surface area contributed by atoms with Gasteiger partial charge in [-0.15, -0.1) is 0 Å². The molecule has 1 fully saturated rings. The fraction of sp³-hybridized carbons (Fsp3) is 0.750. The van der Waals surface area contributed by atoms with Gasteiger partial charge in [-0.25, -0.2) is 0 Å². The SMILES string of the molecule is CCNc1nc(Cl)nc(NC2CCC(C)CC2)n1. The highest BCUT2D eigenvalue weighted by Crippen LogP contribution is 2.25. The molecule has 0 amide bonds.